The molecule has 1 fully saturated rings. The van der Waals surface area contributed by atoms with Gasteiger partial charge in [0.25, 0.3) is 5.91 Å². The van der Waals surface area contributed by atoms with Gasteiger partial charge in [-0.1, -0.05) is 25.8 Å². The quantitative estimate of drug-likeness (QED) is 0.424. The predicted molar refractivity (Wildman–Crippen MR) is 127 cm³/mol. The number of carboxylic acids is 1. The summed E-state index contributed by atoms with van der Waals surface area (Å²) >= 11 is 1.75. The number of hydrogen-bond acceptors (Lipinski definition) is 4. The van der Waals surface area contributed by atoms with Crippen molar-refractivity contribution in [3.8, 4) is 0 Å². The number of unbranched alkanes of at least 4 members (excludes halogenated alkanes) is 1. The third kappa shape index (κ3) is 5.21. The van der Waals surface area contributed by atoms with Gasteiger partial charge in [-0.05, 0) is 61.2 Å². The number of amides is 1. The van der Waals surface area contributed by atoms with E-state index in [9.17, 15) is 9.59 Å². The zero-order valence-corrected chi connectivity index (χ0v) is 19.4. The molecule has 0 unspecified atom stereocenters. The molecule has 1 amide bonds. The molecule has 4 rings (SSSR count). The number of hydrogen-bond donors (Lipinski definition) is 2. The fourth-order valence-corrected chi connectivity index (χ4v) is 5.44. The number of carbonyl (C=O) groups excluding carboxylic acids is 1. The molecule has 0 saturated heterocycles. The van der Waals surface area contributed by atoms with Crippen molar-refractivity contribution in [1.29, 1.82) is 0 Å². The average molecular weight is 454 g/mol. The minimum absolute atomic E-state index is 0.131. The maximum atomic E-state index is 12.6. The molecule has 2 atom stereocenters. The number of nitrogens with one attached hydrogen (secondary N) is 1. The molecule has 0 bridgehead atoms. The molecule has 1 aliphatic rings. The van der Waals surface area contributed by atoms with Crippen LogP contribution in [0.4, 0.5) is 0 Å². The van der Waals surface area contributed by atoms with Crippen molar-refractivity contribution in [3.63, 3.8) is 0 Å². The molecule has 6 nitrogen and oxygen atoms in total. The summed E-state index contributed by atoms with van der Waals surface area (Å²) in [4.78, 5) is 29.5. The standard InChI is InChI=1S/C25H31N3O3S/c1-17-7-2-3-9-21(17)28-22-12-11-18(25(31)26-13-5-4-10-24(29)30)15-20(22)27-23(28)16-19-8-6-14-32-19/h6,8,11-12,14-15,17,21H,2-5,7,9-10,13,16H2,1H3,(H,26,31)(H,29,30)/t17-,21-/m1/s1. The number of thiophene rings is 1. The van der Waals surface area contributed by atoms with Crippen LogP contribution in [0.25, 0.3) is 11.0 Å². The van der Waals surface area contributed by atoms with E-state index < -0.39 is 5.97 Å². The van der Waals surface area contributed by atoms with Gasteiger partial charge in [-0.25, -0.2) is 4.98 Å². The molecular weight excluding hydrogens is 422 g/mol. The van der Waals surface area contributed by atoms with Gasteiger partial charge in [0.15, 0.2) is 0 Å². The first-order valence-electron chi connectivity index (χ1n) is 11.6. The largest absolute Gasteiger partial charge is 0.481 e. The minimum Gasteiger partial charge on any atom is -0.481 e. The molecule has 2 aromatic heterocycles. The summed E-state index contributed by atoms with van der Waals surface area (Å²) in [5.74, 6) is 0.745. The second-order valence-corrected chi connectivity index (χ2v) is 9.83. The van der Waals surface area contributed by atoms with E-state index in [1.54, 1.807) is 11.3 Å². The molecule has 170 valence electrons. The Hall–Kier alpha value is -2.67. The fraction of sp³-hybridized carbons (Fsp3) is 0.480. The van der Waals surface area contributed by atoms with E-state index in [-0.39, 0.29) is 12.3 Å². The van der Waals surface area contributed by atoms with Gasteiger partial charge in [-0.3, -0.25) is 9.59 Å². The van der Waals surface area contributed by atoms with E-state index in [0.717, 1.165) is 23.3 Å². The van der Waals surface area contributed by atoms with Gasteiger partial charge >= 0.3 is 5.97 Å². The Bertz CT molecular complexity index is 1070. The summed E-state index contributed by atoms with van der Waals surface area (Å²) in [6.45, 7) is 2.82. The lowest BCUT2D eigenvalue weighted by atomic mass is 9.85. The zero-order valence-electron chi connectivity index (χ0n) is 18.5. The van der Waals surface area contributed by atoms with Crippen LogP contribution in [0.15, 0.2) is 35.7 Å². The number of imidazole rings is 1. The zero-order chi connectivity index (χ0) is 22.5. The lowest BCUT2D eigenvalue weighted by Gasteiger charge is -2.31. The molecule has 0 radical (unpaired) electrons. The monoisotopic (exact) mass is 453 g/mol. The van der Waals surface area contributed by atoms with Crippen molar-refractivity contribution in [1.82, 2.24) is 14.9 Å². The van der Waals surface area contributed by atoms with E-state index >= 15 is 0 Å². The Morgan fingerprint density at radius 1 is 1.22 bits per heavy atom. The number of nitrogens with zero attached hydrogens (tertiary/aromatic N) is 2. The van der Waals surface area contributed by atoms with Gasteiger partial charge in [0.2, 0.25) is 0 Å². The summed E-state index contributed by atoms with van der Waals surface area (Å²) in [6.07, 6.45) is 7.10. The van der Waals surface area contributed by atoms with Gasteiger partial charge in [-0.15, -0.1) is 11.3 Å². The molecular formula is C25H31N3O3S. The number of fused-ring (bicyclic) bond motifs is 1. The Morgan fingerprint density at radius 2 is 2.06 bits per heavy atom. The lowest BCUT2D eigenvalue weighted by Crippen LogP contribution is -2.24. The van der Waals surface area contributed by atoms with Gasteiger partial charge in [0.1, 0.15) is 5.82 Å². The highest BCUT2D eigenvalue weighted by Crippen LogP contribution is 2.37. The van der Waals surface area contributed by atoms with Crippen molar-refractivity contribution >= 4 is 34.2 Å². The highest BCUT2D eigenvalue weighted by molar-refractivity contribution is 7.09. The number of carbonyl (C=O) groups is 2. The first-order chi connectivity index (χ1) is 15.5. The Morgan fingerprint density at radius 3 is 2.81 bits per heavy atom. The van der Waals surface area contributed by atoms with E-state index in [1.165, 1.54) is 30.6 Å². The van der Waals surface area contributed by atoms with E-state index in [0.29, 0.717) is 36.9 Å². The number of carboxylic acid groups (broad SMARTS) is 1. The molecule has 0 aliphatic heterocycles. The molecule has 2 heterocycles. The molecule has 7 heteroatoms. The highest BCUT2D eigenvalue weighted by atomic mass is 32.1. The normalized spacial score (nSPS) is 18.7. The summed E-state index contributed by atoms with van der Waals surface area (Å²) in [6, 6.07) is 10.5. The SMILES string of the molecule is C[C@@H]1CCCC[C@H]1n1c(Cc2cccs2)nc2cc(C(=O)NCCCCC(=O)O)ccc21. The Balaban J connectivity index is 1.57. The van der Waals surface area contributed by atoms with Crippen LogP contribution in [0.5, 0.6) is 0 Å². The van der Waals surface area contributed by atoms with Crippen LogP contribution in [-0.2, 0) is 11.2 Å². The summed E-state index contributed by atoms with van der Waals surface area (Å²) in [7, 11) is 0. The van der Waals surface area contributed by atoms with Gasteiger partial charge < -0.3 is 15.0 Å². The molecule has 1 aromatic carbocycles. The van der Waals surface area contributed by atoms with Crippen LogP contribution in [0.1, 0.15) is 79.0 Å². The first-order valence-corrected chi connectivity index (χ1v) is 12.4. The minimum atomic E-state index is -0.803. The first kappa shape index (κ1) is 22.5. The lowest BCUT2D eigenvalue weighted by molar-refractivity contribution is -0.137. The number of benzene rings is 1. The van der Waals surface area contributed by atoms with Crippen molar-refractivity contribution in [2.45, 2.75) is 64.3 Å². The molecule has 32 heavy (non-hydrogen) atoms. The summed E-state index contributed by atoms with van der Waals surface area (Å²) in [5.41, 5.74) is 2.57. The molecule has 0 spiro atoms. The van der Waals surface area contributed by atoms with Crippen LogP contribution >= 0.6 is 11.3 Å². The number of aromatic nitrogens is 2. The number of rotatable bonds is 9. The maximum absolute atomic E-state index is 12.6. The van der Waals surface area contributed by atoms with Crippen LogP contribution < -0.4 is 5.32 Å². The van der Waals surface area contributed by atoms with Crippen molar-refractivity contribution in [2.24, 2.45) is 5.92 Å². The average Bonchev–Trinajstić information content (AvgIpc) is 3.41. The molecule has 1 saturated carbocycles. The topological polar surface area (TPSA) is 84.2 Å². The van der Waals surface area contributed by atoms with Gasteiger partial charge in [-0.2, -0.15) is 0 Å². The van der Waals surface area contributed by atoms with Crippen LogP contribution in [0, 0.1) is 5.92 Å². The third-order valence-electron chi connectivity index (χ3n) is 6.44. The smallest absolute Gasteiger partial charge is 0.303 e. The van der Waals surface area contributed by atoms with Crippen molar-refractivity contribution < 1.29 is 14.7 Å². The number of aliphatic carboxylic acids is 1. The summed E-state index contributed by atoms with van der Waals surface area (Å²) < 4.78 is 2.44. The second kappa shape index (κ2) is 10.3. The van der Waals surface area contributed by atoms with Crippen LogP contribution in [-0.4, -0.2) is 33.1 Å². The molecule has 2 N–H and O–H groups in total. The van der Waals surface area contributed by atoms with E-state index in [4.69, 9.17) is 10.1 Å². The fourth-order valence-electron chi connectivity index (χ4n) is 4.74. The second-order valence-electron chi connectivity index (χ2n) is 8.79. The molecule has 3 aromatic rings. The van der Waals surface area contributed by atoms with Crippen LogP contribution in [0.3, 0.4) is 0 Å². The van der Waals surface area contributed by atoms with Crippen molar-refractivity contribution in [3.05, 3.63) is 52.0 Å². The Kier molecular flexibility index (Phi) is 7.25. The van der Waals surface area contributed by atoms with Gasteiger partial charge in [0.05, 0.1) is 11.0 Å². The van der Waals surface area contributed by atoms with Gasteiger partial charge in [0, 0.05) is 35.9 Å². The van der Waals surface area contributed by atoms with Crippen LogP contribution in [0.2, 0.25) is 0 Å². The van der Waals surface area contributed by atoms with E-state index in [2.05, 4.69) is 34.3 Å². The van der Waals surface area contributed by atoms with E-state index in [1.807, 2.05) is 18.2 Å². The third-order valence-corrected chi connectivity index (χ3v) is 7.31. The predicted octanol–water partition coefficient (Wildman–Crippen LogP) is 5.42. The van der Waals surface area contributed by atoms with Crippen molar-refractivity contribution in [2.75, 3.05) is 6.54 Å². The maximum Gasteiger partial charge on any atom is 0.303 e. The highest BCUT2D eigenvalue weighted by Gasteiger charge is 2.27. The molecule has 1 aliphatic carbocycles. The Labute approximate surface area is 192 Å². The summed E-state index contributed by atoms with van der Waals surface area (Å²) in [5, 5.41) is 13.7.